The average molecular weight is 328 g/mol. The van der Waals surface area contributed by atoms with E-state index in [1.54, 1.807) is 6.92 Å². The number of ether oxygens (including phenoxy) is 1. The molecule has 0 N–H and O–H groups in total. The van der Waals surface area contributed by atoms with E-state index in [1.165, 1.54) is 24.8 Å². The molecule has 0 amide bonds. The Hall–Kier alpha value is -0.960. The average Bonchev–Trinajstić information content (AvgIpc) is 3.02. The van der Waals surface area contributed by atoms with Crippen molar-refractivity contribution < 1.29 is 14.3 Å². The van der Waals surface area contributed by atoms with Gasteiger partial charge in [-0.1, -0.05) is 6.92 Å². The molecule has 0 radical (unpaired) electrons. The molecule has 3 saturated carbocycles. The molecule has 1 heterocycles. The summed E-state index contributed by atoms with van der Waals surface area (Å²) in [6.45, 7) is 5.02. The molecule has 0 spiro atoms. The van der Waals surface area contributed by atoms with Crippen LogP contribution in [-0.2, 0) is 14.3 Å². The molecule has 4 aliphatic carbocycles. The van der Waals surface area contributed by atoms with Gasteiger partial charge in [-0.2, -0.15) is 0 Å². The Morgan fingerprint density at radius 2 is 2.04 bits per heavy atom. The van der Waals surface area contributed by atoms with Gasteiger partial charge >= 0.3 is 0 Å². The van der Waals surface area contributed by atoms with Crippen LogP contribution in [0, 0.1) is 34.5 Å². The molecule has 7 atom stereocenters. The molecule has 3 nitrogen and oxygen atoms in total. The normalized spacial score (nSPS) is 52.3. The molecule has 130 valence electrons. The summed E-state index contributed by atoms with van der Waals surface area (Å²) in [6.07, 6.45) is 9.57. The predicted octanol–water partition coefficient (Wildman–Crippen LogP) is 3.71. The molecular weight excluding hydrogens is 300 g/mol. The minimum atomic E-state index is 0.150. The molecular formula is C21H28O3. The molecule has 2 bridgehead atoms. The molecule has 0 aromatic rings. The fraction of sp³-hybridized carbons (Fsp3) is 0.810. The topological polar surface area (TPSA) is 43.4 Å². The van der Waals surface area contributed by atoms with E-state index in [0.29, 0.717) is 35.7 Å². The second-order valence-corrected chi connectivity index (χ2v) is 9.42. The van der Waals surface area contributed by atoms with Gasteiger partial charge in [0, 0.05) is 17.8 Å². The van der Waals surface area contributed by atoms with Crippen LogP contribution in [0.5, 0.6) is 0 Å². The number of carbonyl (C=O) groups excluding carboxylic acids is 2. The van der Waals surface area contributed by atoms with Crippen LogP contribution in [0.15, 0.2) is 11.6 Å². The fourth-order valence-corrected chi connectivity index (χ4v) is 7.71. The lowest BCUT2D eigenvalue weighted by Gasteiger charge is -2.56. The lowest BCUT2D eigenvalue weighted by atomic mass is 9.46. The highest BCUT2D eigenvalue weighted by atomic mass is 16.5. The van der Waals surface area contributed by atoms with Gasteiger partial charge in [-0.3, -0.25) is 9.59 Å². The van der Waals surface area contributed by atoms with Crippen LogP contribution in [0.3, 0.4) is 0 Å². The molecule has 1 aliphatic heterocycles. The van der Waals surface area contributed by atoms with Crippen molar-refractivity contribution in [3.63, 3.8) is 0 Å². The quantitative estimate of drug-likeness (QED) is 0.737. The molecule has 3 heteroatoms. The first kappa shape index (κ1) is 15.3. The third kappa shape index (κ3) is 1.72. The molecule has 5 rings (SSSR count). The van der Waals surface area contributed by atoms with Gasteiger partial charge in [-0.25, -0.2) is 0 Å². The SMILES string of the molecule is CC(=O)C1CCC2C3CC4OCC5(CCC(=O)C=C45)C3CCC12C. The van der Waals surface area contributed by atoms with Crippen molar-refractivity contribution in [2.75, 3.05) is 6.61 Å². The zero-order valence-corrected chi connectivity index (χ0v) is 14.8. The number of hydrogen-bond donors (Lipinski definition) is 0. The Balaban J connectivity index is 1.54. The van der Waals surface area contributed by atoms with Crippen molar-refractivity contribution in [3.05, 3.63) is 11.6 Å². The van der Waals surface area contributed by atoms with Gasteiger partial charge in [0.2, 0.25) is 0 Å². The molecule has 7 unspecified atom stereocenters. The van der Waals surface area contributed by atoms with E-state index in [4.69, 9.17) is 4.74 Å². The third-order valence-electron chi connectivity index (χ3n) is 8.72. The van der Waals surface area contributed by atoms with Crippen LogP contribution in [0.4, 0.5) is 0 Å². The van der Waals surface area contributed by atoms with Crippen LogP contribution in [0.25, 0.3) is 0 Å². The van der Waals surface area contributed by atoms with E-state index < -0.39 is 0 Å². The number of carbonyl (C=O) groups is 2. The Kier molecular flexibility index (Phi) is 3.07. The first-order valence-corrected chi connectivity index (χ1v) is 9.83. The number of Topliss-reactive ketones (excluding diaryl/α,β-unsaturated/α-hetero) is 1. The lowest BCUT2D eigenvalue weighted by molar-refractivity contribution is -0.128. The van der Waals surface area contributed by atoms with E-state index in [2.05, 4.69) is 6.92 Å². The highest BCUT2D eigenvalue weighted by molar-refractivity contribution is 5.92. The van der Waals surface area contributed by atoms with Gasteiger partial charge in [0.1, 0.15) is 5.78 Å². The second kappa shape index (κ2) is 4.81. The number of hydrogen-bond acceptors (Lipinski definition) is 3. The summed E-state index contributed by atoms with van der Waals surface area (Å²) in [6, 6.07) is 0. The first-order chi connectivity index (χ1) is 11.5. The van der Waals surface area contributed by atoms with E-state index in [1.807, 2.05) is 6.08 Å². The minimum absolute atomic E-state index is 0.150. The Bertz CT molecular complexity index is 649. The Morgan fingerprint density at radius 3 is 2.83 bits per heavy atom. The summed E-state index contributed by atoms with van der Waals surface area (Å²) >= 11 is 0. The maximum Gasteiger partial charge on any atom is 0.155 e. The fourth-order valence-electron chi connectivity index (χ4n) is 7.71. The van der Waals surface area contributed by atoms with Gasteiger partial charge < -0.3 is 4.74 Å². The smallest absolute Gasteiger partial charge is 0.155 e. The molecule has 4 fully saturated rings. The van der Waals surface area contributed by atoms with Gasteiger partial charge in [-0.15, -0.1) is 0 Å². The molecule has 0 aromatic carbocycles. The van der Waals surface area contributed by atoms with Crippen LogP contribution in [-0.4, -0.2) is 24.3 Å². The molecule has 0 aromatic heterocycles. The lowest BCUT2D eigenvalue weighted by Crippen LogP contribution is -2.52. The number of rotatable bonds is 1. The van der Waals surface area contributed by atoms with Crippen molar-refractivity contribution in [1.82, 2.24) is 0 Å². The monoisotopic (exact) mass is 328 g/mol. The number of ketones is 2. The summed E-state index contributed by atoms with van der Waals surface area (Å²) in [4.78, 5) is 24.2. The van der Waals surface area contributed by atoms with Crippen LogP contribution in [0.2, 0.25) is 0 Å². The molecule has 5 aliphatic rings. The van der Waals surface area contributed by atoms with E-state index in [9.17, 15) is 9.59 Å². The van der Waals surface area contributed by atoms with E-state index in [0.717, 1.165) is 25.9 Å². The maximum atomic E-state index is 12.2. The van der Waals surface area contributed by atoms with Crippen molar-refractivity contribution in [3.8, 4) is 0 Å². The largest absolute Gasteiger partial charge is 0.373 e. The maximum absolute atomic E-state index is 12.2. The first-order valence-electron chi connectivity index (χ1n) is 9.83. The Morgan fingerprint density at radius 1 is 1.21 bits per heavy atom. The summed E-state index contributed by atoms with van der Waals surface area (Å²) in [5, 5.41) is 0. The summed E-state index contributed by atoms with van der Waals surface area (Å²) < 4.78 is 6.22. The number of fused-ring (bicyclic) bond motifs is 3. The van der Waals surface area contributed by atoms with Crippen LogP contribution < -0.4 is 0 Å². The van der Waals surface area contributed by atoms with E-state index in [-0.39, 0.29) is 22.9 Å². The third-order valence-corrected chi connectivity index (χ3v) is 8.72. The standard InChI is InChI=1S/C21H28O3/c1-12(22)15-3-4-16-14-10-19-18-9-13(23)5-8-21(18,11-24-19)17(14)6-7-20(15,16)2/h9,14-17,19H,3-8,10-11H2,1-2H3. The van der Waals surface area contributed by atoms with Crippen molar-refractivity contribution >= 4 is 11.6 Å². The van der Waals surface area contributed by atoms with E-state index >= 15 is 0 Å². The van der Waals surface area contributed by atoms with Crippen molar-refractivity contribution in [1.29, 1.82) is 0 Å². The predicted molar refractivity (Wildman–Crippen MR) is 90.3 cm³/mol. The molecule has 1 saturated heterocycles. The zero-order chi connectivity index (χ0) is 16.7. The molecule has 24 heavy (non-hydrogen) atoms. The van der Waals surface area contributed by atoms with Crippen molar-refractivity contribution in [2.45, 2.75) is 64.9 Å². The summed E-state index contributed by atoms with van der Waals surface area (Å²) in [7, 11) is 0. The van der Waals surface area contributed by atoms with Crippen molar-refractivity contribution in [2.24, 2.45) is 34.5 Å². The second-order valence-electron chi connectivity index (χ2n) is 9.42. The zero-order valence-electron chi connectivity index (χ0n) is 14.8. The highest BCUT2D eigenvalue weighted by Gasteiger charge is 2.64. The van der Waals surface area contributed by atoms with Gasteiger partial charge in [0.25, 0.3) is 0 Å². The summed E-state index contributed by atoms with van der Waals surface area (Å²) in [5.41, 5.74) is 1.69. The van der Waals surface area contributed by atoms with Gasteiger partial charge in [0.15, 0.2) is 5.78 Å². The Labute approximate surface area is 144 Å². The minimum Gasteiger partial charge on any atom is -0.373 e. The van der Waals surface area contributed by atoms with Crippen LogP contribution in [0.1, 0.15) is 58.8 Å². The highest BCUT2D eigenvalue weighted by Crippen LogP contribution is 2.68. The van der Waals surface area contributed by atoms with Gasteiger partial charge in [0.05, 0.1) is 12.7 Å². The van der Waals surface area contributed by atoms with Gasteiger partial charge in [-0.05, 0) is 80.3 Å². The van der Waals surface area contributed by atoms with Crippen LogP contribution >= 0.6 is 0 Å². The summed E-state index contributed by atoms with van der Waals surface area (Å²) in [5.74, 6) is 2.99.